The van der Waals surface area contributed by atoms with Gasteiger partial charge in [0.25, 0.3) is 0 Å². The van der Waals surface area contributed by atoms with Crippen molar-refractivity contribution < 1.29 is 18.7 Å². The number of carbonyl (C=O) groups excluding carboxylic acids is 2. The Bertz CT molecular complexity index is 765. The molecule has 120 valence electrons. The zero-order valence-electron chi connectivity index (χ0n) is 12.0. The highest BCUT2D eigenvalue weighted by molar-refractivity contribution is 6.34. The van der Waals surface area contributed by atoms with Gasteiger partial charge < -0.3 is 10.1 Å². The molecule has 23 heavy (non-hydrogen) atoms. The molecule has 2 aromatic carbocycles. The molecule has 0 spiro atoms. The van der Waals surface area contributed by atoms with Crippen molar-refractivity contribution in [2.45, 2.75) is 6.42 Å². The molecular formula is C16H12Cl2FNO3. The Morgan fingerprint density at radius 1 is 1.17 bits per heavy atom. The van der Waals surface area contributed by atoms with Crippen LogP contribution in [0.25, 0.3) is 0 Å². The van der Waals surface area contributed by atoms with Gasteiger partial charge in [0.05, 0.1) is 29.8 Å². The molecule has 0 fully saturated rings. The van der Waals surface area contributed by atoms with Crippen molar-refractivity contribution in [1.29, 1.82) is 0 Å². The van der Waals surface area contributed by atoms with Gasteiger partial charge in [-0.15, -0.1) is 0 Å². The molecule has 0 saturated carbocycles. The van der Waals surface area contributed by atoms with E-state index < -0.39 is 17.7 Å². The van der Waals surface area contributed by atoms with Crippen LogP contribution in [0.3, 0.4) is 0 Å². The van der Waals surface area contributed by atoms with Crippen LogP contribution in [0, 0.1) is 5.82 Å². The van der Waals surface area contributed by atoms with Gasteiger partial charge in [0.1, 0.15) is 5.82 Å². The van der Waals surface area contributed by atoms with E-state index >= 15 is 0 Å². The second-order valence-corrected chi connectivity index (χ2v) is 5.49. The summed E-state index contributed by atoms with van der Waals surface area (Å²) in [6.07, 6.45) is -0.193. The predicted octanol–water partition coefficient (Wildman–Crippen LogP) is 4.10. The Labute approximate surface area is 142 Å². The number of nitrogens with one attached hydrogen (secondary N) is 1. The molecule has 0 aliphatic carbocycles. The summed E-state index contributed by atoms with van der Waals surface area (Å²) in [4.78, 5) is 23.5. The molecule has 4 nitrogen and oxygen atoms in total. The Kier molecular flexibility index (Phi) is 5.58. The third-order valence-electron chi connectivity index (χ3n) is 3.03. The van der Waals surface area contributed by atoms with Crippen LogP contribution in [-0.2, 0) is 16.0 Å². The van der Waals surface area contributed by atoms with Crippen molar-refractivity contribution in [3.8, 4) is 0 Å². The van der Waals surface area contributed by atoms with E-state index in [1.54, 1.807) is 0 Å². The molecule has 2 rings (SSSR count). The molecule has 0 heterocycles. The monoisotopic (exact) mass is 355 g/mol. The largest absolute Gasteiger partial charge is 0.465 e. The van der Waals surface area contributed by atoms with E-state index in [4.69, 9.17) is 23.2 Å². The molecule has 0 aliphatic rings. The summed E-state index contributed by atoms with van der Waals surface area (Å²) in [5.74, 6) is -1.60. The average molecular weight is 356 g/mol. The minimum Gasteiger partial charge on any atom is -0.465 e. The fraction of sp³-hybridized carbons (Fsp3) is 0.125. The zero-order chi connectivity index (χ0) is 17.0. The van der Waals surface area contributed by atoms with E-state index in [-0.39, 0.29) is 33.3 Å². The van der Waals surface area contributed by atoms with E-state index in [9.17, 15) is 14.0 Å². The first-order valence-corrected chi connectivity index (χ1v) is 7.28. The fourth-order valence-electron chi connectivity index (χ4n) is 1.90. The molecule has 0 unspecified atom stereocenters. The van der Waals surface area contributed by atoms with Crippen LogP contribution in [0.4, 0.5) is 10.1 Å². The topological polar surface area (TPSA) is 55.4 Å². The Morgan fingerprint density at radius 3 is 2.57 bits per heavy atom. The molecule has 0 aliphatic heterocycles. The van der Waals surface area contributed by atoms with Crippen LogP contribution in [0.5, 0.6) is 0 Å². The quantitative estimate of drug-likeness (QED) is 0.840. The Hall–Kier alpha value is -2.11. The third-order valence-corrected chi connectivity index (χ3v) is 3.59. The minimum absolute atomic E-state index is 0.193. The molecule has 0 radical (unpaired) electrons. The zero-order valence-corrected chi connectivity index (χ0v) is 13.5. The van der Waals surface area contributed by atoms with Gasteiger partial charge in [-0.1, -0.05) is 29.3 Å². The van der Waals surface area contributed by atoms with Crippen LogP contribution in [0.2, 0.25) is 10.0 Å². The van der Waals surface area contributed by atoms with Crippen molar-refractivity contribution in [3.05, 3.63) is 63.4 Å². The first-order chi connectivity index (χ1) is 10.9. The number of methoxy groups -OCH3 is 1. The molecule has 1 N–H and O–H groups in total. The number of hydrogen-bond donors (Lipinski definition) is 1. The van der Waals surface area contributed by atoms with Gasteiger partial charge >= 0.3 is 5.97 Å². The van der Waals surface area contributed by atoms with Crippen molar-refractivity contribution >= 4 is 40.8 Å². The first-order valence-electron chi connectivity index (χ1n) is 6.52. The molecule has 0 bridgehead atoms. The number of carbonyl (C=O) groups is 2. The summed E-state index contributed by atoms with van der Waals surface area (Å²) < 4.78 is 18.3. The summed E-state index contributed by atoms with van der Waals surface area (Å²) in [6, 6.07) is 8.40. The van der Waals surface area contributed by atoms with Gasteiger partial charge in [-0.25, -0.2) is 9.18 Å². The second kappa shape index (κ2) is 7.44. The SMILES string of the molecule is COC(=O)c1ccc(Cl)c(NC(=O)Cc2ccc(Cl)cc2F)c1. The highest BCUT2D eigenvalue weighted by Crippen LogP contribution is 2.24. The van der Waals surface area contributed by atoms with Gasteiger partial charge in [0.15, 0.2) is 0 Å². The van der Waals surface area contributed by atoms with E-state index in [1.807, 2.05) is 0 Å². The standard InChI is InChI=1S/C16H12Cl2FNO3/c1-23-16(22)10-3-5-12(18)14(6-10)20-15(21)7-9-2-4-11(17)8-13(9)19/h2-6,8H,7H2,1H3,(H,20,21). The normalized spacial score (nSPS) is 10.3. The van der Waals surface area contributed by atoms with Crippen LogP contribution in [0.15, 0.2) is 36.4 Å². The number of anilines is 1. The maximum Gasteiger partial charge on any atom is 0.337 e. The van der Waals surface area contributed by atoms with Crippen LogP contribution in [-0.4, -0.2) is 19.0 Å². The van der Waals surface area contributed by atoms with Crippen LogP contribution < -0.4 is 5.32 Å². The number of esters is 1. The van der Waals surface area contributed by atoms with Gasteiger partial charge in [-0.2, -0.15) is 0 Å². The lowest BCUT2D eigenvalue weighted by Crippen LogP contribution is -2.16. The Balaban J connectivity index is 2.15. The van der Waals surface area contributed by atoms with E-state index in [0.29, 0.717) is 0 Å². The van der Waals surface area contributed by atoms with Crippen molar-refractivity contribution in [1.82, 2.24) is 0 Å². The maximum atomic E-state index is 13.7. The lowest BCUT2D eigenvalue weighted by Gasteiger charge is -2.09. The molecule has 0 saturated heterocycles. The minimum atomic E-state index is -0.568. The van der Waals surface area contributed by atoms with Gasteiger partial charge in [0.2, 0.25) is 5.91 Å². The second-order valence-electron chi connectivity index (χ2n) is 4.65. The number of hydrogen-bond acceptors (Lipinski definition) is 3. The number of benzene rings is 2. The van der Waals surface area contributed by atoms with E-state index in [0.717, 1.165) is 6.07 Å². The fourth-order valence-corrected chi connectivity index (χ4v) is 2.22. The summed E-state index contributed by atoms with van der Waals surface area (Å²) >= 11 is 11.6. The highest BCUT2D eigenvalue weighted by atomic mass is 35.5. The lowest BCUT2D eigenvalue weighted by molar-refractivity contribution is -0.115. The molecular weight excluding hydrogens is 344 g/mol. The number of ether oxygens (including phenoxy) is 1. The van der Waals surface area contributed by atoms with Crippen molar-refractivity contribution in [3.63, 3.8) is 0 Å². The van der Waals surface area contributed by atoms with Crippen LogP contribution in [0.1, 0.15) is 15.9 Å². The predicted molar refractivity (Wildman–Crippen MR) is 86.5 cm³/mol. The number of halogens is 3. The molecule has 1 amide bonds. The summed E-state index contributed by atoms with van der Waals surface area (Å²) in [5.41, 5.74) is 0.686. The van der Waals surface area contributed by atoms with Gasteiger partial charge in [-0.3, -0.25) is 4.79 Å². The Morgan fingerprint density at radius 2 is 1.91 bits per heavy atom. The lowest BCUT2D eigenvalue weighted by atomic mass is 10.1. The molecule has 7 heteroatoms. The average Bonchev–Trinajstić information content (AvgIpc) is 2.51. The summed E-state index contributed by atoms with van der Waals surface area (Å²) in [6.45, 7) is 0. The van der Waals surface area contributed by atoms with E-state index in [2.05, 4.69) is 10.1 Å². The smallest absolute Gasteiger partial charge is 0.337 e. The number of rotatable bonds is 4. The molecule has 0 aromatic heterocycles. The third kappa shape index (κ3) is 4.43. The van der Waals surface area contributed by atoms with Gasteiger partial charge in [0, 0.05) is 5.02 Å². The summed E-state index contributed by atoms with van der Waals surface area (Å²) in [5, 5.41) is 3.04. The number of amides is 1. The first kappa shape index (κ1) is 17.2. The van der Waals surface area contributed by atoms with Crippen molar-refractivity contribution in [2.24, 2.45) is 0 Å². The summed E-state index contributed by atoms with van der Waals surface area (Å²) in [7, 11) is 1.25. The molecule has 0 atom stereocenters. The highest BCUT2D eigenvalue weighted by Gasteiger charge is 2.13. The van der Waals surface area contributed by atoms with E-state index in [1.165, 1.54) is 37.4 Å². The molecule has 2 aromatic rings. The van der Waals surface area contributed by atoms with Crippen LogP contribution >= 0.6 is 23.2 Å². The van der Waals surface area contributed by atoms with Crippen molar-refractivity contribution in [2.75, 3.05) is 12.4 Å². The van der Waals surface area contributed by atoms with Gasteiger partial charge in [-0.05, 0) is 35.9 Å². The maximum absolute atomic E-state index is 13.7.